The summed E-state index contributed by atoms with van der Waals surface area (Å²) in [5.41, 5.74) is 0.845. The van der Waals surface area contributed by atoms with E-state index in [4.69, 9.17) is 4.42 Å². The number of sulfonamides is 1. The minimum atomic E-state index is -3.89. The van der Waals surface area contributed by atoms with Crippen LogP contribution in [0.1, 0.15) is 22.0 Å². The van der Waals surface area contributed by atoms with Gasteiger partial charge in [-0.05, 0) is 11.6 Å². The lowest BCUT2D eigenvalue weighted by molar-refractivity contribution is 0.0600. The van der Waals surface area contributed by atoms with Crippen molar-refractivity contribution in [1.29, 1.82) is 0 Å². The molecule has 0 bridgehead atoms. The van der Waals surface area contributed by atoms with E-state index in [-0.39, 0.29) is 29.6 Å². The monoisotopic (exact) mass is 387 g/mol. The van der Waals surface area contributed by atoms with E-state index in [0.717, 1.165) is 11.8 Å². The molecule has 0 spiro atoms. The summed E-state index contributed by atoms with van der Waals surface area (Å²) in [7, 11) is -2.67. The number of ether oxygens (including phenoxy) is 1. The quantitative estimate of drug-likeness (QED) is 0.787. The molecule has 2 aromatic heterocycles. The maximum atomic E-state index is 12.9. The van der Waals surface area contributed by atoms with Gasteiger partial charge in [-0.25, -0.2) is 13.2 Å². The standard InChI is InChI=1S/C15H17N3O5S.ClH/c1-22-15(19)12-7-14(23-10-12)24(20,21)18-6-5-17-9-13(18)11-3-2-4-16-8-11;/h2-4,7-8,10,13,17H,5-6,9H2,1H3;1H. The Kier molecular flexibility index (Phi) is 6.17. The van der Waals surface area contributed by atoms with Crippen molar-refractivity contribution in [2.24, 2.45) is 0 Å². The van der Waals surface area contributed by atoms with E-state index in [2.05, 4.69) is 15.0 Å². The first-order chi connectivity index (χ1) is 11.5. The van der Waals surface area contributed by atoms with Gasteiger partial charge in [0.2, 0.25) is 5.09 Å². The van der Waals surface area contributed by atoms with Crippen molar-refractivity contribution in [3.05, 3.63) is 48.0 Å². The SMILES string of the molecule is COC(=O)c1coc(S(=O)(=O)N2CCNCC2c2cccnc2)c1.Cl. The molecule has 1 atom stereocenters. The Morgan fingerprint density at radius 1 is 1.48 bits per heavy atom. The van der Waals surface area contributed by atoms with E-state index < -0.39 is 22.0 Å². The smallest absolute Gasteiger partial charge is 0.341 e. The number of methoxy groups -OCH3 is 1. The molecule has 2 aromatic rings. The lowest BCUT2D eigenvalue weighted by atomic mass is 10.1. The van der Waals surface area contributed by atoms with Crippen LogP contribution in [0.3, 0.4) is 0 Å². The average Bonchev–Trinajstić information content (AvgIpc) is 3.13. The summed E-state index contributed by atoms with van der Waals surface area (Å²) in [6.07, 6.45) is 4.36. The van der Waals surface area contributed by atoms with E-state index >= 15 is 0 Å². The molecule has 1 aliphatic heterocycles. The summed E-state index contributed by atoms with van der Waals surface area (Å²) in [4.78, 5) is 15.6. The normalized spacial score (nSPS) is 18.4. The van der Waals surface area contributed by atoms with Crippen molar-refractivity contribution in [3.63, 3.8) is 0 Å². The van der Waals surface area contributed by atoms with Crippen molar-refractivity contribution in [2.45, 2.75) is 11.1 Å². The molecule has 136 valence electrons. The fourth-order valence-electron chi connectivity index (χ4n) is 2.62. The number of piperazine rings is 1. The number of carbonyl (C=O) groups excluding carboxylic acids is 1. The summed E-state index contributed by atoms with van der Waals surface area (Å²) in [5.74, 6) is -0.649. The highest BCUT2D eigenvalue weighted by atomic mass is 35.5. The third-order valence-corrected chi connectivity index (χ3v) is 5.60. The zero-order valence-electron chi connectivity index (χ0n) is 13.4. The van der Waals surface area contributed by atoms with Gasteiger partial charge in [0, 0.05) is 38.1 Å². The molecule has 1 fully saturated rings. The van der Waals surface area contributed by atoms with Crippen LogP contribution in [0.4, 0.5) is 0 Å². The molecular formula is C15H18ClN3O5S. The van der Waals surface area contributed by atoms with Crippen molar-refractivity contribution >= 4 is 28.4 Å². The first-order valence-electron chi connectivity index (χ1n) is 7.33. The van der Waals surface area contributed by atoms with Gasteiger partial charge in [-0.15, -0.1) is 12.4 Å². The van der Waals surface area contributed by atoms with Crippen molar-refractivity contribution in [3.8, 4) is 0 Å². The molecule has 3 heterocycles. The number of hydrogen-bond donors (Lipinski definition) is 1. The number of halogens is 1. The van der Waals surface area contributed by atoms with Crippen LogP contribution in [0.15, 0.2) is 46.4 Å². The van der Waals surface area contributed by atoms with E-state index in [1.165, 1.54) is 17.5 Å². The highest BCUT2D eigenvalue weighted by Gasteiger charge is 2.36. The minimum absolute atomic E-state index is 0. The van der Waals surface area contributed by atoms with Gasteiger partial charge < -0.3 is 14.5 Å². The number of furan rings is 1. The average molecular weight is 388 g/mol. The number of rotatable bonds is 4. The largest absolute Gasteiger partial charge is 0.465 e. The van der Waals surface area contributed by atoms with Crippen LogP contribution < -0.4 is 5.32 Å². The second-order valence-electron chi connectivity index (χ2n) is 5.27. The zero-order valence-corrected chi connectivity index (χ0v) is 15.0. The number of carbonyl (C=O) groups is 1. The van der Waals surface area contributed by atoms with Crippen LogP contribution >= 0.6 is 12.4 Å². The van der Waals surface area contributed by atoms with Crippen LogP contribution in [0, 0.1) is 0 Å². The fourth-order valence-corrected chi connectivity index (χ4v) is 4.16. The Morgan fingerprint density at radius 3 is 2.96 bits per heavy atom. The summed E-state index contributed by atoms with van der Waals surface area (Å²) in [6, 6.07) is 4.37. The molecule has 1 saturated heterocycles. The number of esters is 1. The first-order valence-corrected chi connectivity index (χ1v) is 8.77. The zero-order chi connectivity index (χ0) is 17.2. The molecule has 25 heavy (non-hydrogen) atoms. The van der Waals surface area contributed by atoms with E-state index in [9.17, 15) is 13.2 Å². The highest BCUT2D eigenvalue weighted by Crippen LogP contribution is 2.29. The molecule has 10 heteroatoms. The molecule has 0 aliphatic carbocycles. The third kappa shape index (κ3) is 3.84. The van der Waals surface area contributed by atoms with Crippen LogP contribution in [0.2, 0.25) is 0 Å². The van der Waals surface area contributed by atoms with Crippen molar-refractivity contribution in [1.82, 2.24) is 14.6 Å². The maximum Gasteiger partial charge on any atom is 0.341 e. The molecule has 0 radical (unpaired) electrons. The summed E-state index contributed by atoms with van der Waals surface area (Å²) < 4.78 is 36.9. The molecule has 0 amide bonds. The molecule has 1 N–H and O–H groups in total. The lowest BCUT2D eigenvalue weighted by Gasteiger charge is -2.34. The number of hydrogen-bond acceptors (Lipinski definition) is 7. The third-order valence-electron chi connectivity index (χ3n) is 3.82. The van der Waals surface area contributed by atoms with Crippen molar-refractivity contribution in [2.75, 3.05) is 26.7 Å². The Bertz CT molecular complexity index is 825. The molecule has 0 aromatic carbocycles. The Morgan fingerprint density at radius 2 is 2.28 bits per heavy atom. The van der Waals surface area contributed by atoms with Crippen LogP contribution in [0.5, 0.6) is 0 Å². The van der Waals surface area contributed by atoms with Gasteiger partial charge >= 0.3 is 5.97 Å². The second kappa shape index (κ2) is 7.96. The lowest BCUT2D eigenvalue weighted by Crippen LogP contribution is -2.48. The van der Waals surface area contributed by atoms with E-state index in [1.807, 2.05) is 6.07 Å². The van der Waals surface area contributed by atoms with Gasteiger partial charge in [0.1, 0.15) is 6.26 Å². The molecular weight excluding hydrogens is 370 g/mol. The Hall–Kier alpha value is -1.94. The summed E-state index contributed by atoms with van der Waals surface area (Å²) in [5, 5.41) is 2.90. The number of nitrogens with zero attached hydrogens (tertiary/aromatic N) is 2. The van der Waals surface area contributed by atoms with E-state index in [1.54, 1.807) is 18.5 Å². The van der Waals surface area contributed by atoms with Gasteiger partial charge in [-0.2, -0.15) is 4.31 Å². The molecule has 8 nitrogen and oxygen atoms in total. The highest BCUT2D eigenvalue weighted by molar-refractivity contribution is 7.89. The predicted molar refractivity (Wildman–Crippen MR) is 91.0 cm³/mol. The predicted octanol–water partition coefficient (Wildman–Crippen LogP) is 1.22. The van der Waals surface area contributed by atoms with Crippen LogP contribution in [-0.4, -0.2) is 50.4 Å². The fraction of sp³-hybridized carbons (Fsp3) is 0.333. The van der Waals surface area contributed by atoms with Crippen LogP contribution in [-0.2, 0) is 14.8 Å². The number of nitrogens with one attached hydrogen (secondary N) is 1. The Balaban J connectivity index is 0.00000225. The number of pyridine rings is 1. The van der Waals surface area contributed by atoms with Crippen molar-refractivity contribution < 1.29 is 22.4 Å². The summed E-state index contributed by atoms with van der Waals surface area (Å²) >= 11 is 0. The Labute approximate surface area is 151 Å². The molecule has 3 rings (SSSR count). The van der Waals surface area contributed by atoms with Gasteiger partial charge in [-0.1, -0.05) is 6.07 Å². The second-order valence-corrected chi connectivity index (χ2v) is 7.09. The van der Waals surface area contributed by atoms with Gasteiger partial charge in [0.05, 0.1) is 18.7 Å². The minimum Gasteiger partial charge on any atom is -0.465 e. The maximum absolute atomic E-state index is 12.9. The van der Waals surface area contributed by atoms with Gasteiger partial charge in [0.25, 0.3) is 10.0 Å². The van der Waals surface area contributed by atoms with Gasteiger partial charge in [0.15, 0.2) is 0 Å². The topological polar surface area (TPSA) is 102 Å². The number of aromatic nitrogens is 1. The molecule has 1 aliphatic rings. The first kappa shape index (κ1) is 19.4. The molecule has 0 saturated carbocycles. The molecule has 1 unspecified atom stereocenters. The summed E-state index contributed by atoms with van der Waals surface area (Å²) in [6.45, 7) is 1.28. The van der Waals surface area contributed by atoms with Gasteiger partial charge in [-0.3, -0.25) is 4.98 Å². The van der Waals surface area contributed by atoms with Crippen LogP contribution in [0.25, 0.3) is 0 Å². The van der Waals surface area contributed by atoms with E-state index in [0.29, 0.717) is 13.1 Å².